The number of benzene rings is 3. The number of hydrogen-bond acceptors (Lipinski definition) is 3. The van der Waals surface area contributed by atoms with E-state index in [0.717, 1.165) is 48.1 Å². The second-order valence-electron chi connectivity index (χ2n) is 6.40. The first kappa shape index (κ1) is 17.2. The van der Waals surface area contributed by atoms with E-state index in [-0.39, 0.29) is 0 Å². The van der Waals surface area contributed by atoms with E-state index in [1.807, 2.05) is 48.5 Å². The molecule has 3 aromatic rings. The van der Waals surface area contributed by atoms with Gasteiger partial charge < -0.3 is 5.01 Å². The highest BCUT2D eigenvalue weighted by Gasteiger charge is 2.24. The molecule has 3 nitrogen and oxygen atoms in total. The smallest absolute Gasteiger partial charge is 0.0998 e. The third kappa shape index (κ3) is 3.12. The highest BCUT2D eigenvalue weighted by atomic mass is 35.5. The summed E-state index contributed by atoms with van der Waals surface area (Å²) in [5.41, 5.74) is 2.97. The number of nitriles is 1. The third-order valence-electron chi connectivity index (χ3n) is 4.78. The number of fused-ring (bicyclic) bond motifs is 1. The molecule has 0 atom stereocenters. The van der Waals surface area contributed by atoms with Gasteiger partial charge in [0.2, 0.25) is 0 Å². The number of halogens is 2. The maximum atomic E-state index is 9.39. The van der Waals surface area contributed by atoms with Crippen LogP contribution < -0.4 is 5.01 Å². The maximum absolute atomic E-state index is 9.39. The van der Waals surface area contributed by atoms with Crippen LogP contribution in [0.1, 0.15) is 17.5 Å². The van der Waals surface area contributed by atoms with Crippen LogP contribution in [-0.4, -0.2) is 18.1 Å². The molecule has 130 valence electrons. The van der Waals surface area contributed by atoms with Crippen LogP contribution in [0.25, 0.3) is 10.8 Å². The number of hydrogen-bond donors (Lipinski definition) is 0. The Morgan fingerprint density at radius 3 is 2.50 bits per heavy atom. The molecular weight excluding hydrogens is 365 g/mol. The molecule has 0 spiro atoms. The van der Waals surface area contributed by atoms with Crippen molar-refractivity contribution < 1.29 is 0 Å². The average molecular weight is 382 g/mol. The second kappa shape index (κ2) is 7.17. The van der Waals surface area contributed by atoms with Gasteiger partial charge in [-0.2, -0.15) is 5.26 Å². The van der Waals surface area contributed by atoms with Crippen molar-refractivity contribution in [1.82, 2.24) is 5.01 Å². The van der Waals surface area contributed by atoms with E-state index in [1.165, 1.54) is 0 Å². The Morgan fingerprint density at radius 1 is 0.923 bits per heavy atom. The minimum absolute atomic E-state index is 0.576. The Morgan fingerprint density at radius 2 is 1.73 bits per heavy atom. The third-order valence-corrected chi connectivity index (χ3v) is 5.52. The lowest BCUT2D eigenvalue weighted by Crippen LogP contribution is -2.36. The molecule has 1 fully saturated rings. The summed E-state index contributed by atoms with van der Waals surface area (Å²) in [7, 11) is 0. The van der Waals surface area contributed by atoms with Gasteiger partial charge in [-0.05, 0) is 36.2 Å². The molecular formula is C21H17Cl2N3. The number of rotatable bonds is 3. The van der Waals surface area contributed by atoms with E-state index >= 15 is 0 Å². The topological polar surface area (TPSA) is 30.3 Å². The fraction of sp³-hybridized carbons (Fsp3) is 0.190. The summed E-state index contributed by atoms with van der Waals surface area (Å²) in [4.78, 5) is 0. The highest BCUT2D eigenvalue weighted by Crippen LogP contribution is 2.33. The molecule has 4 rings (SSSR count). The first-order valence-electron chi connectivity index (χ1n) is 8.55. The zero-order chi connectivity index (χ0) is 18.1. The van der Waals surface area contributed by atoms with Crippen molar-refractivity contribution >= 4 is 39.7 Å². The lowest BCUT2D eigenvalue weighted by atomic mass is 10.0. The Kier molecular flexibility index (Phi) is 4.74. The van der Waals surface area contributed by atoms with E-state index in [4.69, 9.17) is 23.2 Å². The van der Waals surface area contributed by atoms with Gasteiger partial charge in [0.05, 0.1) is 27.4 Å². The molecule has 0 saturated carbocycles. The normalized spacial score (nSPS) is 14.7. The summed E-state index contributed by atoms with van der Waals surface area (Å²) in [6.07, 6.45) is 1.09. The first-order chi connectivity index (χ1) is 12.7. The molecule has 1 saturated heterocycles. The zero-order valence-electron chi connectivity index (χ0n) is 14.1. The predicted octanol–water partition coefficient (Wildman–Crippen LogP) is 5.65. The van der Waals surface area contributed by atoms with Gasteiger partial charge >= 0.3 is 0 Å². The largest absolute Gasteiger partial charge is 0.305 e. The van der Waals surface area contributed by atoms with Gasteiger partial charge in [-0.15, -0.1) is 0 Å². The van der Waals surface area contributed by atoms with Crippen molar-refractivity contribution in [2.45, 2.75) is 13.0 Å². The molecule has 0 aromatic heterocycles. The Balaban J connectivity index is 1.70. The summed E-state index contributed by atoms with van der Waals surface area (Å²) in [5, 5.41) is 17.3. The van der Waals surface area contributed by atoms with Crippen LogP contribution in [0.15, 0.2) is 54.6 Å². The number of nitrogens with zero attached hydrogens (tertiary/aromatic N) is 3. The van der Waals surface area contributed by atoms with Crippen LogP contribution in [0.5, 0.6) is 0 Å². The van der Waals surface area contributed by atoms with E-state index < -0.39 is 0 Å². The lowest BCUT2D eigenvalue weighted by Gasteiger charge is -2.31. The summed E-state index contributed by atoms with van der Waals surface area (Å²) >= 11 is 12.2. The minimum Gasteiger partial charge on any atom is -0.305 e. The molecule has 0 aliphatic carbocycles. The van der Waals surface area contributed by atoms with Gasteiger partial charge in [0.15, 0.2) is 0 Å². The highest BCUT2D eigenvalue weighted by molar-refractivity contribution is 6.42. The van der Waals surface area contributed by atoms with Crippen molar-refractivity contribution in [1.29, 1.82) is 5.26 Å². The lowest BCUT2D eigenvalue weighted by molar-refractivity contribution is 0.304. The van der Waals surface area contributed by atoms with Crippen molar-refractivity contribution in [2.24, 2.45) is 0 Å². The standard InChI is InChI=1S/C21H17Cl2N3/c22-19-8-6-15(12-20(19)23)14-25-10-3-11-26(25)21-9-7-16(13-24)17-4-1-2-5-18(17)21/h1-2,4-9,12H,3,10-11,14H2. The van der Waals surface area contributed by atoms with Gasteiger partial charge in [-0.25, -0.2) is 5.01 Å². The van der Waals surface area contributed by atoms with Crippen LogP contribution >= 0.6 is 23.2 Å². The quantitative estimate of drug-likeness (QED) is 0.587. The Labute approximate surface area is 162 Å². The molecule has 0 amide bonds. The maximum Gasteiger partial charge on any atom is 0.0998 e. The zero-order valence-corrected chi connectivity index (χ0v) is 15.6. The molecule has 3 aromatic carbocycles. The molecule has 0 unspecified atom stereocenters. The van der Waals surface area contributed by atoms with E-state index in [0.29, 0.717) is 15.6 Å². The Bertz CT molecular complexity index is 1010. The van der Waals surface area contributed by atoms with Crippen LogP contribution in [0.2, 0.25) is 10.0 Å². The summed E-state index contributed by atoms with van der Waals surface area (Å²) in [6, 6.07) is 20.1. The SMILES string of the molecule is N#Cc1ccc(N2CCCN2Cc2ccc(Cl)c(Cl)c2)c2ccccc12. The molecule has 0 N–H and O–H groups in total. The minimum atomic E-state index is 0.576. The molecule has 1 heterocycles. The van der Waals surface area contributed by atoms with Gasteiger partial charge in [-0.1, -0.05) is 53.5 Å². The van der Waals surface area contributed by atoms with Crippen molar-refractivity contribution in [3.8, 4) is 6.07 Å². The van der Waals surface area contributed by atoms with Gasteiger partial charge in [-0.3, -0.25) is 0 Å². The van der Waals surface area contributed by atoms with Crippen LogP contribution in [0, 0.1) is 11.3 Å². The average Bonchev–Trinajstić information content (AvgIpc) is 3.11. The van der Waals surface area contributed by atoms with Crippen LogP contribution in [0.4, 0.5) is 5.69 Å². The van der Waals surface area contributed by atoms with E-state index in [1.54, 1.807) is 0 Å². The van der Waals surface area contributed by atoms with E-state index in [9.17, 15) is 5.26 Å². The number of hydrazine groups is 1. The van der Waals surface area contributed by atoms with Gasteiger partial charge in [0, 0.05) is 30.4 Å². The van der Waals surface area contributed by atoms with Crippen molar-refractivity contribution in [2.75, 3.05) is 18.1 Å². The number of anilines is 1. The fourth-order valence-corrected chi connectivity index (χ4v) is 3.88. The van der Waals surface area contributed by atoms with Gasteiger partial charge in [0.25, 0.3) is 0 Å². The fourth-order valence-electron chi connectivity index (χ4n) is 3.56. The van der Waals surface area contributed by atoms with Crippen molar-refractivity contribution in [3.63, 3.8) is 0 Å². The molecule has 26 heavy (non-hydrogen) atoms. The second-order valence-corrected chi connectivity index (χ2v) is 7.22. The molecule has 1 aliphatic rings. The van der Waals surface area contributed by atoms with E-state index in [2.05, 4.69) is 22.2 Å². The monoisotopic (exact) mass is 381 g/mol. The molecule has 1 aliphatic heterocycles. The van der Waals surface area contributed by atoms with Gasteiger partial charge in [0.1, 0.15) is 0 Å². The summed E-state index contributed by atoms with van der Waals surface area (Å²) in [6.45, 7) is 2.71. The van der Waals surface area contributed by atoms with Crippen LogP contribution in [0.3, 0.4) is 0 Å². The molecule has 0 bridgehead atoms. The molecule has 5 heteroatoms. The summed E-state index contributed by atoms with van der Waals surface area (Å²) < 4.78 is 0. The van der Waals surface area contributed by atoms with Crippen molar-refractivity contribution in [3.05, 3.63) is 75.8 Å². The van der Waals surface area contributed by atoms with Crippen LogP contribution in [-0.2, 0) is 6.54 Å². The summed E-state index contributed by atoms with van der Waals surface area (Å²) in [5.74, 6) is 0. The Hall–Kier alpha value is -2.25. The first-order valence-corrected chi connectivity index (χ1v) is 9.31. The predicted molar refractivity (Wildman–Crippen MR) is 107 cm³/mol. The molecule has 0 radical (unpaired) electrons.